The van der Waals surface area contributed by atoms with Gasteiger partial charge in [0.05, 0.1) is 13.7 Å². The molecule has 0 aliphatic carbocycles. The van der Waals surface area contributed by atoms with E-state index in [1.54, 1.807) is 6.92 Å². The van der Waals surface area contributed by atoms with Gasteiger partial charge in [0.1, 0.15) is 6.04 Å². The summed E-state index contributed by atoms with van der Waals surface area (Å²) in [7, 11) is 1.37. The Morgan fingerprint density at radius 1 is 1.83 bits per heavy atom. The Morgan fingerprint density at radius 3 is 3.08 bits per heavy atom. The second-order valence-corrected chi connectivity index (χ2v) is 2.55. The first-order valence-electron chi connectivity index (χ1n) is 3.86. The topological polar surface area (TPSA) is 62.7 Å². The van der Waals surface area contributed by atoms with Crippen LogP contribution >= 0.6 is 0 Å². The van der Waals surface area contributed by atoms with E-state index < -0.39 is 0 Å². The molecule has 1 rings (SSSR count). The van der Waals surface area contributed by atoms with Crippen LogP contribution in [0.15, 0.2) is 4.99 Å². The molecule has 1 atom stereocenters. The number of aliphatic imine (C=N–C) groups is 1. The molecule has 0 aromatic rings. The normalized spacial score (nSPS) is 17.7. The molecular formula is C7H13N3O2. The van der Waals surface area contributed by atoms with Crippen molar-refractivity contribution in [1.29, 1.82) is 0 Å². The first kappa shape index (κ1) is 8.83. The van der Waals surface area contributed by atoms with E-state index in [1.807, 2.05) is 0 Å². The minimum Gasteiger partial charge on any atom is -0.467 e. The monoisotopic (exact) mass is 171 g/mol. The number of carbonyl (C=O) groups is 1. The van der Waals surface area contributed by atoms with Crippen molar-refractivity contribution in [2.75, 3.05) is 20.2 Å². The van der Waals surface area contributed by atoms with Crippen molar-refractivity contribution in [3.63, 3.8) is 0 Å². The highest BCUT2D eigenvalue weighted by Crippen LogP contribution is 1.88. The average Bonchev–Trinajstić information content (AvgIpc) is 2.55. The van der Waals surface area contributed by atoms with Crippen LogP contribution in [0.2, 0.25) is 0 Å². The summed E-state index contributed by atoms with van der Waals surface area (Å²) >= 11 is 0. The van der Waals surface area contributed by atoms with Crippen LogP contribution in [0.1, 0.15) is 6.92 Å². The van der Waals surface area contributed by atoms with Crippen molar-refractivity contribution < 1.29 is 9.53 Å². The van der Waals surface area contributed by atoms with Gasteiger partial charge in [0.2, 0.25) is 0 Å². The molecule has 1 heterocycles. The molecule has 0 radical (unpaired) electrons. The highest BCUT2D eigenvalue weighted by Gasteiger charge is 2.15. The van der Waals surface area contributed by atoms with E-state index in [-0.39, 0.29) is 12.0 Å². The maximum Gasteiger partial charge on any atom is 0.328 e. The standard InChI is InChI=1S/C7H13N3O2/c1-5(6(11)12-2)10-7-8-3-4-9-7/h5H,3-4H2,1-2H3,(H2,8,9,10). The molecule has 5 nitrogen and oxygen atoms in total. The van der Waals surface area contributed by atoms with Gasteiger partial charge in [-0.15, -0.1) is 0 Å². The van der Waals surface area contributed by atoms with Gasteiger partial charge >= 0.3 is 5.97 Å². The maximum atomic E-state index is 10.9. The Morgan fingerprint density at radius 2 is 2.58 bits per heavy atom. The molecule has 5 heteroatoms. The van der Waals surface area contributed by atoms with E-state index in [0.29, 0.717) is 5.96 Å². The number of rotatable bonds is 2. The number of esters is 1. The van der Waals surface area contributed by atoms with Crippen molar-refractivity contribution in [2.45, 2.75) is 13.0 Å². The summed E-state index contributed by atoms with van der Waals surface area (Å²) in [5, 5.41) is 5.89. The summed E-state index contributed by atoms with van der Waals surface area (Å²) < 4.78 is 4.54. The number of ether oxygens (including phenoxy) is 1. The SMILES string of the molecule is COC(=O)C(C)NC1=NCCN1. The van der Waals surface area contributed by atoms with Gasteiger partial charge in [0.25, 0.3) is 0 Å². The number of nitrogens with one attached hydrogen (secondary N) is 2. The molecule has 0 spiro atoms. The van der Waals surface area contributed by atoms with Crippen molar-refractivity contribution in [3.05, 3.63) is 0 Å². The van der Waals surface area contributed by atoms with Gasteiger partial charge in [-0.2, -0.15) is 0 Å². The van der Waals surface area contributed by atoms with Gasteiger partial charge in [-0.25, -0.2) is 4.79 Å². The summed E-state index contributed by atoms with van der Waals surface area (Å²) in [6, 6.07) is -0.348. The maximum absolute atomic E-state index is 10.9. The molecule has 1 aliphatic heterocycles. The molecule has 0 aromatic carbocycles. The van der Waals surface area contributed by atoms with Crippen LogP contribution in [0.5, 0.6) is 0 Å². The molecule has 1 aliphatic rings. The van der Waals surface area contributed by atoms with Crippen LogP contribution in [0, 0.1) is 0 Å². The first-order valence-corrected chi connectivity index (χ1v) is 3.86. The molecule has 0 amide bonds. The highest BCUT2D eigenvalue weighted by molar-refractivity contribution is 5.86. The van der Waals surface area contributed by atoms with Gasteiger partial charge in [-0.3, -0.25) is 4.99 Å². The van der Waals surface area contributed by atoms with Crippen LogP contribution in [-0.2, 0) is 9.53 Å². The van der Waals surface area contributed by atoms with Crippen molar-refractivity contribution in [2.24, 2.45) is 4.99 Å². The molecule has 12 heavy (non-hydrogen) atoms. The Balaban J connectivity index is 2.34. The van der Waals surface area contributed by atoms with Crippen molar-refractivity contribution >= 4 is 11.9 Å². The smallest absolute Gasteiger partial charge is 0.328 e. The number of carbonyl (C=O) groups excluding carboxylic acids is 1. The second kappa shape index (κ2) is 3.94. The Hall–Kier alpha value is -1.26. The lowest BCUT2D eigenvalue weighted by atomic mass is 10.3. The molecule has 1 unspecified atom stereocenters. The molecule has 0 bridgehead atoms. The average molecular weight is 171 g/mol. The zero-order valence-electron chi connectivity index (χ0n) is 7.26. The fourth-order valence-corrected chi connectivity index (χ4v) is 0.935. The van der Waals surface area contributed by atoms with E-state index in [9.17, 15) is 4.79 Å². The lowest BCUT2D eigenvalue weighted by Crippen LogP contribution is -2.43. The number of methoxy groups -OCH3 is 1. The summed E-state index contributed by atoms with van der Waals surface area (Å²) in [6.07, 6.45) is 0. The van der Waals surface area contributed by atoms with Crippen LogP contribution in [0.3, 0.4) is 0 Å². The van der Waals surface area contributed by atoms with Gasteiger partial charge < -0.3 is 15.4 Å². The first-order chi connectivity index (χ1) is 5.74. The van der Waals surface area contributed by atoms with Crippen molar-refractivity contribution in [1.82, 2.24) is 10.6 Å². The van der Waals surface area contributed by atoms with Crippen LogP contribution in [-0.4, -0.2) is 38.2 Å². The second-order valence-electron chi connectivity index (χ2n) is 2.55. The summed E-state index contributed by atoms with van der Waals surface area (Å²) in [5.41, 5.74) is 0. The minimum absolute atomic E-state index is 0.286. The Bertz CT molecular complexity index is 203. The number of hydrogen-bond acceptors (Lipinski definition) is 5. The molecule has 0 saturated heterocycles. The van der Waals surface area contributed by atoms with Gasteiger partial charge in [-0.05, 0) is 6.92 Å². The number of nitrogens with zero attached hydrogens (tertiary/aromatic N) is 1. The van der Waals surface area contributed by atoms with Gasteiger partial charge in [0.15, 0.2) is 5.96 Å². The van der Waals surface area contributed by atoms with E-state index in [2.05, 4.69) is 20.4 Å². The Labute approximate surface area is 71.2 Å². The molecule has 0 aromatic heterocycles. The molecule has 0 saturated carbocycles. The predicted molar refractivity (Wildman–Crippen MR) is 44.9 cm³/mol. The number of hydrogen-bond donors (Lipinski definition) is 2. The lowest BCUT2D eigenvalue weighted by molar-refractivity contribution is -0.142. The quantitative estimate of drug-likeness (QED) is 0.528. The molecular weight excluding hydrogens is 158 g/mol. The lowest BCUT2D eigenvalue weighted by Gasteiger charge is -2.12. The van der Waals surface area contributed by atoms with E-state index in [4.69, 9.17) is 0 Å². The zero-order chi connectivity index (χ0) is 8.97. The summed E-state index contributed by atoms with van der Waals surface area (Å²) in [6.45, 7) is 3.32. The third kappa shape index (κ3) is 2.11. The van der Waals surface area contributed by atoms with E-state index in [0.717, 1.165) is 13.1 Å². The third-order valence-corrected chi connectivity index (χ3v) is 1.58. The largest absolute Gasteiger partial charge is 0.467 e. The van der Waals surface area contributed by atoms with Gasteiger partial charge in [0, 0.05) is 6.54 Å². The van der Waals surface area contributed by atoms with Crippen LogP contribution in [0.25, 0.3) is 0 Å². The molecule has 2 N–H and O–H groups in total. The van der Waals surface area contributed by atoms with E-state index in [1.165, 1.54) is 7.11 Å². The predicted octanol–water partition coefficient (Wildman–Crippen LogP) is -0.903. The third-order valence-electron chi connectivity index (χ3n) is 1.58. The summed E-state index contributed by atoms with van der Waals surface area (Å²) in [5.74, 6) is 0.388. The fourth-order valence-electron chi connectivity index (χ4n) is 0.935. The van der Waals surface area contributed by atoms with E-state index >= 15 is 0 Å². The minimum atomic E-state index is -0.348. The van der Waals surface area contributed by atoms with Crippen LogP contribution in [0.4, 0.5) is 0 Å². The molecule has 0 fully saturated rings. The zero-order valence-corrected chi connectivity index (χ0v) is 7.26. The van der Waals surface area contributed by atoms with Crippen molar-refractivity contribution in [3.8, 4) is 0 Å². The van der Waals surface area contributed by atoms with Crippen LogP contribution < -0.4 is 10.6 Å². The fraction of sp³-hybridized carbons (Fsp3) is 0.714. The molecule has 68 valence electrons. The highest BCUT2D eigenvalue weighted by atomic mass is 16.5. The Kier molecular flexibility index (Phi) is 2.90. The summed E-state index contributed by atoms with van der Waals surface area (Å²) in [4.78, 5) is 15.0. The van der Waals surface area contributed by atoms with Gasteiger partial charge in [-0.1, -0.05) is 0 Å². The number of guanidine groups is 1.